The molecule has 0 radical (unpaired) electrons. The maximum atomic E-state index is 4.68. The average molecular weight is 332 g/mol. The molecule has 2 aliphatic rings. The third kappa shape index (κ3) is 3.31. The van der Waals surface area contributed by atoms with E-state index in [9.17, 15) is 0 Å². The molecule has 1 aliphatic carbocycles. The molecular formula is C19H33N5. The van der Waals surface area contributed by atoms with E-state index in [0.29, 0.717) is 0 Å². The van der Waals surface area contributed by atoms with Crippen LogP contribution in [0.3, 0.4) is 0 Å². The van der Waals surface area contributed by atoms with E-state index >= 15 is 0 Å². The molecule has 1 N–H and O–H groups in total. The van der Waals surface area contributed by atoms with Crippen molar-refractivity contribution in [3.8, 4) is 0 Å². The molecule has 1 aromatic rings. The summed E-state index contributed by atoms with van der Waals surface area (Å²) in [5, 5.41) is 8.31. The minimum atomic E-state index is 0.832. The van der Waals surface area contributed by atoms with Gasteiger partial charge in [0, 0.05) is 45.0 Å². The quantitative estimate of drug-likeness (QED) is 0.681. The first-order valence-electron chi connectivity index (χ1n) is 9.67. The van der Waals surface area contributed by atoms with Gasteiger partial charge in [-0.25, -0.2) is 0 Å². The van der Waals surface area contributed by atoms with Gasteiger partial charge in [0.05, 0.1) is 5.69 Å². The SMILES string of the molecule is CCc1nn(C)c(CC)c1CNC(=NC)N1CC2CCCCC2C1. The Morgan fingerprint density at radius 2 is 1.83 bits per heavy atom. The Bertz CT molecular complexity index is 575. The van der Waals surface area contributed by atoms with Crippen molar-refractivity contribution in [1.82, 2.24) is 20.0 Å². The first kappa shape index (κ1) is 17.3. The Morgan fingerprint density at radius 3 is 2.38 bits per heavy atom. The van der Waals surface area contributed by atoms with Gasteiger partial charge in [-0.2, -0.15) is 5.10 Å². The molecule has 0 amide bonds. The van der Waals surface area contributed by atoms with E-state index in [-0.39, 0.29) is 0 Å². The number of aliphatic imine (C=N–C) groups is 1. The lowest BCUT2D eigenvalue weighted by molar-refractivity contribution is 0.299. The summed E-state index contributed by atoms with van der Waals surface area (Å²) in [5.41, 5.74) is 3.91. The minimum Gasteiger partial charge on any atom is -0.352 e. The Balaban J connectivity index is 1.67. The van der Waals surface area contributed by atoms with Gasteiger partial charge >= 0.3 is 0 Å². The fourth-order valence-corrected chi connectivity index (χ4v) is 4.67. The van der Waals surface area contributed by atoms with Crippen molar-refractivity contribution in [3.05, 3.63) is 17.0 Å². The molecule has 2 atom stereocenters. The first-order chi connectivity index (χ1) is 11.7. The average Bonchev–Trinajstić information content (AvgIpc) is 3.15. The van der Waals surface area contributed by atoms with E-state index in [4.69, 9.17) is 0 Å². The molecule has 0 spiro atoms. The second kappa shape index (κ2) is 7.58. The van der Waals surface area contributed by atoms with Gasteiger partial charge in [-0.1, -0.05) is 26.7 Å². The molecule has 1 aliphatic heterocycles. The fraction of sp³-hybridized carbons (Fsp3) is 0.789. The Morgan fingerprint density at radius 1 is 1.17 bits per heavy atom. The number of nitrogens with one attached hydrogen (secondary N) is 1. The fourth-order valence-electron chi connectivity index (χ4n) is 4.67. The van der Waals surface area contributed by atoms with Crippen LogP contribution in [0.15, 0.2) is 4.99 Å². The molecule has 2 unspecified atom stereocenters. The van der Waals surface area contributed by atoms with Gasteiger partial charge < -0.3 is 10.2 Å². The van der Waals surface area contributed by atoms with E-state index < -0.39 is 0 Å². The molecule has 134 valence electrons. The lowest BCUT2D eigenvalue weighted by Gasteiger charge is -2.22. The molecule has 1 saturated carbocycles. The molecule has 0 aromatic carbocycles. The van der Waals surface area contributed by atoms with Crippen molar-refractivity contribution in [2.24, 2.45) is 23.9 Å². The highest BCUT2D eigenvalue weighted by atomic mass is 15.3. The predicted molar refractivity (Wildman–Crippen MR) is 99.2 cm³/mol. The van der Waals surface area contributed by atoms with Crippen LogP contribution in [0.25, 0.3) is 0 Å². The third-order valence-corrected chi connectivity index (χ3v) is 5.94. The number of fused-ring (bicyclic) bond motifs is 1. The van der Waals surface area contributed by atoms with Crippen molar-refractivity contribution >= 4 is 5.96 Å². The molecule has 1 aromatic heterocycles. The van der Waals surface area contributed by atoms with Crippen LogP contribution < -0.4 is 5.32 Å². The van der Waals surface area contributed by atoms with Crippen LogP contribution in [0.1, 0.15) is 56.5 Å². The summed E-state index contributed by atoms with van der Waals surface area (Å²) in [6.07, 6.45) is 7.64. The molecule has 1 saturated heterocycles. The number of hydrogen-bond donors (Lipinski definition) is 1. The Hall–Kier alpha value is -1.52. The van der Waals surface area contributed by atoms with Crippen LogP contribution >= 0.6 is 0 Å². The highest BCUT2D eigenvalue weighted by molar-refractivity contribution is 5.80. The normalized spacial score (nSPS) is 24.3. The highest BCUT2D eigenvalue weighted by Gasteiger charge is 2.35. The first-order valence-corrected chi connectivity index (χ1v) is 9.67. The van der Waals surface area contributed by atoms with Gasteiger partial charge in [0.2, 0.25) is 0 Å². The number of hydrogen-bond acceptors (Lipinski definition) is 2. The third-order valence-electron chi connectivity index (χ3n) is 5.94. The van der Waals surface area contributed by atoms with Gasteiger partial charge in [0.1, 0.15) is 0 Å². The van der Waals surface area contributed by atoms with Crippen LogP contribution in [0, 0.1) is 11.8 Å². The molecule has 2 fully saturated rings. The molecule has 3 rings (SSSR count). The zero-order valence-electron chi connectivity index (χ0n) is 15.8. The van der Waals surface area contributed by atoms with E-state index in [0.717, 1.165) is 37.2 Å². The van der Waals surface area contributed by atoms with Crippen LogP contribution in [0.5, 0.6) is 0 Å². The van der Waals surface area contributed by atoms with Crippen LogP contribution in [0.4, 0.5) is 0 Å². The van der Waals surface area contributed by atoms with E-state index in [1.165, 1.54) is 55.7 Å². The topological polar surface area (TPSA) is 45.5 Å². The van der Waals surface area contributed by atoms with Crippen molar-refractivity contribution in [2.45, 2.75) is 58.9 Å². The number of likely N-dealkylation sites (tertiary alicyclic amines) is 1. The number of aryl methyl sites for hydroxylation is 2. The molecule has 0 bridgehead atoms. The molecular weight excluding hydrogens is 298 g/mol. The van der Waals surface area contributed by atoms with Gasteiger partial charge in [-0.05, 0) is 37.5 Å². The molecule has 5 nitrogen and oxygen atoms in total. The lowest BCUT2D eigenvalue weighted by Crippen LogP contribution is -2.40. The standard InChI is InChI=1S/C19H33N5/c1-5-17-16(18(6-2)23(4)22-17)11-21-19(20-3)24-12-14-9-7-8-10-15(14)13-24/h14-15H,5-13H2,1-4H3,(H,20,21). The monoisotopic (exact) mass is 331 g/mol. The van der Waals surface area contributed by atoms with Crippen LogP contribution in [0.2, 0.25) is 0 Å². The second-order valence-electron chi connectivity index (χ2n) is 7.31. The molecule has 2 heterocycles. The smallest absolute Gasteiger partial charge is 0.193 e. The van der Waals surface area contributed by atoms with Gasteiger partial charge in [-0.3, -0.25) is 9.67 Å². The van der Waals surface area contributed by atoms with E-state index in [1.54, 1.807) is 0 Å². The minimum absolute atomic E-state index is 0.832. The second-order valence-corrected chi connectivity index (χ2v) is 7.31. The van der Waals surface area contributed by atoms with E-state index in [1.807, 2.05) is 11.7 Å². The summed E-state index contributed by atoms with van der Waals surface area (Å²) in [4.78, 5) is 7.05. The van der Waals surface area contributed by atoms with Crippen molar-refractivity contribution in [2.75, 3.05) is 20.1 Å². The number of nitrogens with zero attached hydrogens (tertiary/aromatic N) is 4. The van der Waals surface area contributed by atoms with Crippen molar-refractivity contribution < 1.29 is 0 Å². The number of aromatic nitrogens is 2. The maximum absolute atomic E-state index is 4.68. The summed E-state index contributed by atoms with van der Waals surface area (Å²) in [7, 11) is 3.97. The van der Waals surface area contributed by atoms with E-state index in [2.05, 4.69) is 41.2 Å². The van der Waals surface area contributed by atoms with Crippen LogP contribution in [-0.4, -0.2) is 40.8 Å². The summed E-state index contributed by atoms with van der Waals surface area (Å²) in [5.74, 6) is 2.83. The lowest BCUT2D eigenvalue weighted by atomic mass is 9.82. The summed E-state index contributed by atoms with van der Waals surface area (Å²) < 4.78 is 2.04. The summed E-state index contributed by atoms with van der Waals surface area (Å²) in [6.45, 7) is 7.58. The van der Waals surface area contributed by atoms with Crippen LogP contribution in [-0.2, 0) is 26.4 Å². The van der Waals surface area contributed by atoms with Crippen molar-refractivity contribution in [1.29, 1.82) is 0 Å². The predicted octanol–water partition coefficient (Wildman–Crippen LogP) is 2.74. The zero-order chi connectivity index (χ0) is 17.1. The molecule has 5 heteroatoms. The van der Waals surface area contributed by atoms with Gasteiger partial charge in [0.15, 0.2) is 5.96 Å². The maximum Gasteiger partial charge on any atom is 0.193 e. The highest BCUT2D eigenvalue weighted by Crippen LogP contribution is 2.35. The Kier molecular flexibility index (Phi) is 5.47. The Labute approximate surface area is 146 Å². The summed E-state index contributed by atoms with van der Waals surface area (Å²) in [6, 6.07) is 0. The molecule has 24 heavy (non-hydrogen) atoms. The van der Waals surface area contributed by atoms with Gasteiger partial charge in [0.25, 0.3) is 0 Å². The zero-order valence-corrected chi connectivity index (χ0v) is 15.8. The van der Waals surface area contributed by atoms with Gasteiger partial charge in [-0.15, -0.1) is 0 Å². The summed E-state index contributed by atoms with van der Waals surface area (Å²) >= 11 is 0. The van der Waals surface area contributed by atoms with Crippen molar-refractivity contribution in [3.63, 3.8) is 0 Å². The largest absolute Gasteiger partial charge is 0.352 e. The number of guanidine groups is 1. The number of rotatable bonds is 4.